The maximum Gasteiger partial charge on any atom is 0.322 e. The van der Waals surface area contributed by atoms with Crippen molar-refractivity contribution in [2.75, 3.05) is 25.1 Å². The zero-order valence-corrected chi connectivity index (χ0v) is 15.4. The molecule has 0 saturated carbocycles. The van der Waals surface area contributed by atoms with E-state index in [-0.39, 0.29) is 17.8 Å². The lowest BCUT2D eigenvalue weighted by Crippen LogP contribution is -2.30. The maximum atomic E-state index is 13.3. The summed E-state index contributed by atoms with van der Waals surface area (Å²) in [6.07, 6.45) is 0.970. The lowest BCUT2D eigenvalue weighted by atomic mass is 10.1. The molecular formula is C21H22FN3O3. The van der Waals surface area contributed by atoms with Gasteiger partial charge in [0.1, 0.15) is 5.82 Å². The normalized spacial score (nSPS) is 18.0. The molecule has 1 atom stereocenters. The highest BCUT2D eigenvalue weighted by atomic mass is 19.1. The molecule has 2 N–H and O–H groups in total. The summed E-state index contributed by atoms with van der Waals surface area (Å²) < 4.78 is 18.6. The van der Waals surface area contributed by atoms with Gasteiger partial charge in [0, 0.05) is 43.4 Å². The lowest BCUT2D eigenvalue weighted by Gasteiger charge is -2.16. The monoisotopic (exact) mass is 383 g/mol. The van der Waals surface area contributed by atoms with Crippen molar-refractivity contribution in [1.29, 1.82) is 0 Å². The predicted molar refractivity (Wildman–Crippen MR) is 102 cm³/mol. The highest BCUT2D eigenvalue weighted by molar-refractivity contribution is 5.95. The van der Waals surface area contributed by atoms with Crippen LogP contribution in [0.2, 0.25) is 0 Å². The smallest absolute Gasteiger partial charge is 0.322 e. The Hall–Kier alpha value is -2.93. The van der Waals surface area contributed by atoms with Crippen LogP contribution in [0.1, 0.15) is 27.9 Å². The van der Waals surface area contributed by atoms with Gasteiger partial charge in [0.15, 0.2) is 0 Å². The fourth-order valence-electron chi connectivity index (χ4n) is 3.50. The van der Waals surface area contributed by atoms with Crippen LogP contribution in [0.15, 0.2) is 42.5 Å². The molecule has 146 valence electrons. The highest BCUT2D eigenvalue weighted by Crippen LogP contribution is 2.24. The van der Waals surface area contributed by atoms with Gasteiger partial charge in [-0.2, -0.15) is 0 Å². The maximum absolute atomic E-state index is 13.3. The lowest BCUT2D eigenvalue weighted by molar-refractivity contribution is 0.0945. The van der Waals surface area contributed by atoms with Crippen LogP contribution < -0.4 is 10.6 Å². The third-order valence-corrected chi connectivity index (χ3v) is 5.15. The van der Waals surface area contributed by atoms with Crippen LogP contribution in [0, 0.1) is 11.7 Å². The first-order valence-corrected chi connectivity index (χ1v) is 9.38. The topological polar surface area (TPSA) is 70.7 Å². The van der Waals surface area contributed by atoms with E-state index in [9.17, 15) is 14.0 Å². The van der Waals surface area contributed by atoms with Gasteiger partial charge in [0.05, 0.1) is 6.61 Å². The first kappa shape index (κ1) is 18.4. The number of rotatable bonds is 4. The van der Waals surface area contributed by atoms with Crippen LogP contribution in [-0.4, -0.2) is 36.6 Å². The molecular weight excluding hydrogens is 361 g/mol. The Balaban J connectivity index is 1.30. The zero-order chi connectivity index (χ0) is 19.5. The van der Waals surface area contributed by atoms with Gasteiger partial charge >= 0.3 is 6.03 Å². The number of hydrogen-bond acceptors (Lipinski definition) is 3. The Morgan fingerprint density at radius 2 is 1.89 bits per heavy atom. The Morgan fingerprint density at radius 3 is 2.64 bits per heavy atom. The van der Waals surface area contributed by atoms with Crippen molar-refractivity contribution >= 4 is 17.6 Å². The van der Waals surface area contributed by atoms with E-state index in [1.165, 1.54) is 12.1 Å². The number of benzene rings is 2. The first-order chi connectivity index (χ1) is 13.6. The molecule has 2 aromatic rings. The van der Waals surface area contributed by atoms with Gasteiger partial charge in [-0.05, 0) is 53.9 Å². The molecule has 0 unspecified atom stereocenters. The van der Waals surface area contributed by atoms with E-state index in [2.05, 4.69) is 10.6 Å². The molecule has 6 nitrogen and oxygen atoms in total. The number of anilines is 1. The zero-order valence-electron chi connectivity index (χ0n) is 15.4. The number of amides is 3. The van der Waals surface area contributed by atoms with E-state index in [1.54, 1.807) is 35.2 Å². The van der Waals surface area contributed by atoms with Gasteiger partial charge in [0.2, 0.25) is 0 Å². The molecule has 2 aliphatic heterocycles. The number of nitrogens with one attached hydrogen (secondary N) is 2. The molecule has 0 radical (unpaired) electrons. The Kier molecular flexibility index (Phi) is 5.25. The molecule has 2 aromatic carbocycles. The fraction of sp³-hybridized carbons (Fsp3) is 0.333. The second kappa shape index (κ2) is 7.98. The van der Waals surface area contributed by atoms with Gasteiger partial charge in [0.25, 0.3) is 5.91 Å². The molecule has 0 aliphatic carbocycles. The fourth-order valence-corrected chi connectivity index (χ4v) is 3.50. The van der Waals surface area contributed by atoms with Gasteiger partial charge in [-0.15, -0.1) is 0 Å². The van der Waals surface area contributed by atoms with E-state index < -0.39 is 0 Å². The second-order valence-corrected chi connectivity index (χ2v) is 7.22. The summed E-state index contributed by atoms with van der Waals surface area (Å²) in [7, 11) is 0. The summed E-state index contributed by atoms with van der Waals surface area (Å²) in [5, 5.41) is 5.74. The summed E-state index contributed by atoms with van der Waals surface area (Å²) in [5.74, 6) is -0.0577. The number of urea groups is 1. The third-order valence-electron chi connectivity index (χ3n) is 5.15. The van der Waals surface area contributed by atoms with E-state index >= 15 is 0 Å². The molecule has 3 amide bonds. The van der Waals surface area contributed by atoms with Crippen molar-refractivity contribution in [2.45, 2.75) is 19.5 Å². The molecule has 0 aromatic heterocycles. The average Bonchev–Trinajstić information content (AvgIpc) is 3.36. The number of carbonyl (C=O) groups excluding carboxylic acids is 2. The number of ether oxygens (including phenoxy) is 1. The minimum Gasteiger partial charge on any atom is -0.381 e. The largest absolute Gasteiger partial charge is 0.381 e. The predicted octanol–water partition coefficient (Wildman–Crippen LogP) is 3.14. The molecule has 2 heterocycles. The van der Waals surface area contributed by atoms with Crippen LogP contribution in [0.25, 0.3) is 0 Å². The van der Waals surface area contributed by atoms with Crippen LogP contribution in [0.4, 0.5) is 14.9 Å². The van der Waals surface area contributed by atoms with Crippen molar-refractivity contribution in [3.63, 3.8) is 0 Å². The summed E-state index contributed by atoms with van der Waals surface area (Å²) in [5.41, 5.74) is 2.93. The summed E-state index contributed by atoms with van der Waals surface area (Å²) in [4.78, 5) is 26.3. The number of carbonyl (C=O) groups is 2. The molecule has 1 saturated heterocycles. The number of hydrogen-bond donors (Lipinski definition) is 2. The third kappa shape index (κ3) is 4.14. The van der Waals surface area contributed by atoms with E-state index in [1.807, 2.05) is 0 Å². The molecule has 28 heavy (non-hydrogen) atoms. The standard InChI is InChI=1S/C21H22FN3O3/c22-18-4-1-16-11-25(12-17(16)9-18)21(27)24-19-5-2-15(3-6-19)20(26)23-10-14-7-8-28-13-14/h1-6,9,14H,7-8,10-13H2,(H,23,26)(H,24,27)/t14-/m0/s1. The Labute approximate surface area is 162 Å². The van der Waals surface area contributed by atoms with E-state index in [0.717, 1.165) is 24.2 Å². The average molecular weight is 383 g/mol. The van der Waals surface area contributed by atoms with Crippen LogP contribution >= 0.6 is 0 Å². The first-order valence-electron chi connectivity index (χ1n) is 9.38. The van der Waals surface area contributed by atoms with Crippen molar-refractivity contribution in [3.05, 3.63) is 65.0 Å². The summed E-state index contributed by atoms with van der Waals surface area (Å²) >= 11 is 0. The van der Waals surface area contributed by atoms with Crippen LogP contribution in [0.3, 0.4) is 0 Å². The molecule has 1 fully saturated rings. The molecule has 7 heteroatoms. The number of halogens is 1. The van der Waals surface area contributed by atoms with E-state index in [4.69, 9.17) is 4.74 Å². The highest BCUT2D eigenvalue weighted by Gasteiger charge is 2.23. The number of nitrogens with zero attached hydrogens (tertiary/aromatic N) is 1. The van der Waals surface area contributed by atoms with Crippen molar-refractivity contribution in [2.24, 2.45) is 5.92 Å². The Morgan fingerprint density at radius 1 is 1.11 bits per heavy atom. The SMILES string of the molecule is O=C(NC[C@@H]1CCOC1)c1ccc(NC(=O)N2Cc3ccc(F)cc3C2)cc1. The molecule has 4 rings (SSSR count). The molecule has 0 bridgehead atoms. The minimum atomic E-state index is -0.296. The van der Waals surface area contributed by atoms with E-state index in [0.29, 0.717) is 43.4 Å². The van der Waals surface area contributed by atoms with Gasteiger partial charge < -0.3 is 20.3 Å². The van der Waals surface area contributed by atoms with Gasteiger partial charge in [-0.25, -0.2) is 9.18 Å². The second-order valence-electron chi connectivity index (χ2n) is 7.22. The Bertz CT molecular complexity index is 879. The quantitative estimate of drug-likeness (QED) is 0.852. The van der Waals surface area contributed by atoms with Crippen molar-refractivity contribution < 1.29 is 18.7 Å². The minimum absolute atomic E-state index is 0.137. The van der Waals surface area contributed by atoms with Crippen molar-refractivity contribution in [1.82, 2.24) is 10.2 Å². The number of fused-ring (bicyclic) bond motifs is 1. The van der Waals surface area contributed by atoms with Gasteiger partial charge in [-0.1, -0.05) is 6.07 Å². The van der Waals surface area contributed by atoms with Crippen LogP contribution in [0.5, 0.6) is 0 Å². The summed E-state index contributed by atoms with van der Waals surface area (Å²) in [6.45, 7) is 2.88. The summed E-state index contributed by atoms with van der Waals surface area (Å²) in [6, 6.07) is 11.1. The van der Waals surface area contributed by atoms with Gasteiger partial charge in [-0.3, -0.25) is 4.79 Å². The molecule has 0 spiro atoms. The molecule has 2 aliphatic rings. The van der Waals surface area contributed by atoms with Crippen molar-refractivity contribution in [3.8, 4) is 0 Å². The van der Waals surface area contributed by atoms with Crippen LogP contribution in [-0.2, 0) is 17.8 Å².